The molecule has 2 atom stereocenters. The molecule has 116 valence electrons. The molecule has 0 N–H and O–H groups in total. The first kappa shape index (κ1) is 16.0. The molecule has 1 amide bonds. The highest BCUT2D eigenvalue weighted by molar-refractivity contribution is 5.77. The normalized spacial score (nSPS) is 22.0. The van der Waals surface area contributed by atoms with Crippen molar-refractivity contribution in [3.8, 4) is 0 Å². The Bertz CT molecular complexity index is 436. The first-order valence-electron chi connectivity index (χ1n) is 7.90. The molecular weight excluding hydrogens is 264 g/mol. The molecule has 4 nitrogen and oxygen atoms in total. The maximum Gasteiger partial charge on any atom is 0.248 e. The first-order chi connectivity index (χ1) is 10.1. The van der Waals surface area contributed by atoms with Crippen molar-refractivity contribution in [2.24, 2.45) is 5.92 Å². The molecule has 0 spiro atoms. The topological polar surface area (TPSA) is 42.4 Å². The fourth-order valence-electron chi connectivity index (χ4n) is 2.78. The summed E-state index contributed by atoms with van der Waals surface area (Å²) < 4.78 is 5.78. The number of pyridine rings is 1. The lowest BCUT2D eigenvalue weighted by molar-refractivity contribution is -0.137. The minimum Gasteiger partial charge on any atom is -0.368 e. The van der Waals surface area contributed by atoms with Crippen molar-refractivity contribution in [1.82, 2.24) is 9.88 Å². The van der Waals surface area contributed by atoms with Crippen LogP contribution in [0.2, 0.25) is 0 Å². The van der Waals surface area contributed by atoms with Crippen LogP contribution in [0.3, 0.4) is 0 Å². The maximum atomic E-state index is 12.1. The lowest BCUT2D eigenvalue weighted by Crippen LogP contribution is -2.34. The van der Waals surface area contributed by atoms with Crippen molar-refractivity contribution >= 4 is 5.91 Å². The Morgan fingerprint density at radius 2 is 2.29 bits per heavy atom. The number of hydrogen-bond acceptors (Lipinski definition) is 3. The molecular formula is C17H26N2O2. The average Bonchev–Trinajstić information content (AvgIpc) is 2.51. The van der Waals surface area contributed by atoms with Gasteiger partial charge in [-0.1, -0.05) is 25.8 Å². The van der Waals surface area contributed by atoms with Crippen LogP contribution in [0.4, 0.5) is 0 Å². The molecule has 1 saturated carbocycles. The molecule has 0 saturated heterocycles. The SMILES string of the molecule is C[C@@H]1CCC[C@H](OCC(=O)N(C)CCc2ccccn2)C1. The number of rotatable bonds is 6. The Morgan fingerprint density at radius 3 is 3.00 bits per heavy atom. The summed E-state index contributed by atoms with van der Waals surface area (Å²) in [7, 11) is 1.83. The zero-order valence-electron chi connectivity index (χ0n) is 13.1. The Kier molecular flexibility index (Phi) is 6.18. The highest BCUT2D eigenvalue weighted by atomic mass is 16.5. The van der Waals surface area contributed by atoms with Crippen molar-refractivity contribution in [3.05, 3.63) is 30.1 Å². The van der Waals surface area contributed by atoms with Gasteiger partial charge in [-0.2, -0.15) is 0 Å². The van der Waals surface area contributed by atoms with E-state index in [9.17, 15) is 4.79 Å². The van der Waals surface area contributed by atoms with Gasteiger partial charge in [-0.3, -0.25) is 9.78 Å². The lowest BCUT2D eigenvalue weighted by atomic mass is 9.89. The number of likely N-dealkylation sites (N-methyl/N-ethyl adjacent to an activating group) is 1. The maximum absolute atomic E-state index is 12.1. The summed E-state index contributed by atoms with van der Waals surface area (Å²) in [5.74, 6) is 0.782. The number of amides is 1. The fourth-order valence-corrected chi connectivity index (χ4v) is 2.78. The Balaban J connectivity index is 1.67. The van der Waals surface area contributed by atoms with Crippen LogP contribution in [0.1, 0.15) is 38.3 Å². The van der Waals surface area contributed by atoms with Gasteiger partial charge in [0, 0.05) is 31.9 Å². The second-order valence-electron chi connectivity index (χ2n) is 6.09. The molecule has 0 bridgehead atoms. The van der Waals surface area contributed by atoms with Crippen LogP contribution in [0, 0.1) is 5.92 Å². The molecule has 2 rings (SSSR count). The van der Waals surface area contributed by atoms with E-state index in [1.807, 2.05) is 25.2 Å². The second-order valence-corrected chi connectivity index (χ2v) is 6.09. The zero-order chi connectivity index (χ0) is 15.1. The van der Waals surface area contributed by atoms with Crippen LogP contribution in [-0.2, 0) is 16.0 Å². The predicted octanol–water partition coefficient (Wildman–Crippen LogP) is 2.68. The van der Waals surface area contributed by atoms with Gasteiger partial charge in [0.2, 0.25) is 5.91 Å². The highest BCUT2D eigenvalue weighted by Crippen LogP contribution is 2.25. The van der Waals surface area contributed by atoms with Gasteiger partial charge in [-0.15, -0.1) is 0 Å². The summed E-state index contributed by atoms with van der Waals surface area (Å²) in [6, 6.07) is 5.85. The van der Waals surface area contributed by atoms with Gasteiger partial charge in [0.05, 0.1) is 6.10 Å². The van der Waals surface area contributed by atoms with Gasteiger partial charge < -0.3 is 9.64 Å². The number of nitrogens with zero attached hydrogens (tertiary/aromatic N) is 2. The number of carbonyl (C=O) groups excluding carboxylic acids is 1. The van der Waals surface area contributed by atoms with Crippen molar-refractivity contribution in [2.45, 2.75) is 45.1 Å². The summed E-state index contributed by atoms with van der Waals surface area (Å²) in [5.41, 5.74) is 1.01. The molecule has 1 fully saturated rings. The first-order valence-corrected chi connectivity index (χ1v) is 7.90. The van der Waals surface area contributed by atoms with Crippen molar-refractivity contribution in [2.75, 3.05) is 20.2 Å². The molecule has 1 aliphatic rings. The Hall–Kier alpha value is -1.42. The summed E-state index contributed by atoms with van der Waals surface area (Å²) in [6.07, 6.45) is 7.52. The third kappa shape index (κ3) is 5.46. The highest BCUT2D eigenvalue weighted by Gasteiger charge is 2.20. The van der Waals surface area contributed by atoms with E-state index in [0.717, 1.165) is 30.9 Å². The molecule has 0 aliphatic heterocycles. The summed E-state index contributed by atoms with van der Waals surface area (Å²) in [6.45, 7) is 3.15. The molecule has 1 aromatic heterocycles. The smallest absolute Gasteiger partial charge is 0.248 e. The van der Waals surface area contributed by atoms with E-state index >= 15 is 0 Å². The van der Waals surface area contributed by atoms with Gasteiger partial charge in [-0.25, -0.2) is 0 Å². The van der Waals surface area contributed by atoms with Gasteiger partial charge in [0.25, 0.3) is 0 Å². The van der Waals surface area contributed by atoms with Crippen LogP contribution < -0.4 is 0 Å². The van der Waals surface area contributed by atoms with E-state index in [4.69, 9.17) is 4.74 Å². The van der Waals surface area contributed by atoms with E-state index in [0.29, 0.717) is 6.54 Å². The number of aromatic nitrogens is 1. The van der Waals surface area contributed by atoms with Crippen LogP contribution >= 0.6 is 0 Å². The lowest BCUT2D eigenvalue weighted by Gasteiger charge is -2.27. The number of ether oxygens (including phenoxy) is 1. The van der Waals surface area contributed by atoms with Crippen LogP contribution in [0.15, 0.2) is 24.4 Å². The molecule has 1 aliphatic carbocycles. The third-order valence-electron chi connectivity index (χ3n) is 4.19. The summed E-state index contributed by atoms with van der Waals surface area (Å²) in [5, 5.41) is 0. The molecule has 4 heteroatoms. The molecule has 0 radical (unpaired) electrons. The van der Waals surface area contributed by atoms with Crippen LogP contribution in [0.25, 0.3) is 0 Å². The molecule has 0 unspecified atom stereocenters. The van der Waals surface area contributed by atoms with Crippen molar-refractivity contribution in [3.63, 3.8) is 0 Å². The summed E-state index contributed by atoms with van der Waals surface area (Å²) in [4.78, 5) is 18.1. The van der Waals surface area contributed by atoms with Crippen LogP contribution in [-0.4, -0.2) is 42.1 Å². The van der Waals surface area contributed by atoms with E-state index in [1.54, 1.807) is 11.1 Å². The number of carbonyl (C=O) groups is 1. The Labute approximate surface area is 127 Å². The standard InChI is InChI=1S/C17H26N2O2/c1-14-6-5-8-16(12-14)21-13-17(20)19(2)11-9-15-7-3-4-10-18-15/h3-4,7,10,14,16H,5-6,8-9,11-13H2,1-2H3/t14-,16+/m1/s1. The average molecular weight is 290 g/mol. The molecule has 1 aromatic rings. The summed E-state index contributed by atoms with van der Waals surface area (Å²) >= 11 is 0. The van der Waals surface area contributed by atoms with Gasteiger partial charge >= 0.3 is 0 Å². The van der Waals surface area contributed by atoms with Crippen molar-refractivity contribution in [1.29, 1.82) is 0 Å². The minimum absolute atomic E-state index is 0.0594. The van der Waals surface area contributed by atoms with E-state index < -0.39 is 0 Å². The van der Waals surface area contributed by atoms with E-state index in [2.05, 4.69) is 11.9 Å². The van der Waals surface area contributed by atoms with E-state index in [1.165, 1.54) is 12.8 Å². The fraction of sp³-hybridized carbons (Fsp3) is 0.647. The van der Waals surface area contributed by atoms with Crippen LogP contribution in [0.5, 0.6) is 0 Å². The largest absolute Gasteiger partial charge is 0.368 e. The minimum atomic E-state index is 0.0594. The van der Waals surface area contributed by atoms with Gasteiger partial charge in [0.15, 0.2) is 0 Å². The second kappa shape index (κ2) is 8.13. The van der Waals surface area contributed by atoms with Gasteiger partial charge in [-0.05, 0) is 30.9 Å². The Morgan fingerprint density at radius 1 is 1.43 bits per heavy atom. The van der Waals surface area contributed by atoms with E-state index in [-0.39, 0.29) is 18.6 Å². The quantitative estimate of drug-likeness (QED) is 0.809. The monoisotopic (exact) mass is 290 g/mol. The molecule has 1 heterocycles. The molecule has 21 heavy (non-hydrogen) atoms. The van der Waals surface area contributed by atoms with Crippen molar-refractivity contribution < 1.29 is 9.53 Å². The zero-order valence-corrected chi connectivity index (χ0v) is 13.1. The predicted molar refractivity (Wildman–Crippen MR) is 83.0 cm³/mol. The molecule has 0 aromatic carbocycles. The van der Waals surface area contributed by atoms with Gasteiger partial charge in [0.1, 0.15) is 6.61 Å². The number of hydrogen-bond donors (Lipinski definition) is 0. The third-order valence-corrected chi connectivity index (χ3v) is 4.19.